The van der Waals surface area contributed by atoms with Gasteiger partial charge in [0.2, 0.25) is 0 Å². The maximum absolute atomic E-state index is 12.5. The first kappa shape index (κ1) is 14.9. The molecule has 0 bridgehead atoms. The zero-order valence-corrected chi connectivity index (χ0v) is 10.9. The lowest BCUT2D eigenvalue weighted by atomic mass is 10.3. The number of rotatable bonds is 4. The van der Waals surface area contributed by atoms with E-state index in [1.54, 1.807) is 12.3 Å². The van der Waals surface area contributed by atoms with Crippen LogP contribution in [-0.2, 0) is 9.53 Å². The minimum absolute atomic E-state index is 0.0266. The average Bonchev–Trinajstić information content (AvgIpc) is 2.69. The predicted octanol–water partition coefficient (Wildman–Crippen LogP) is 2.38. The fourth-order valence-corrected chi connectivity index (χ4v) is 2.01. The molecule has 1 atom stereocenters. The molecule has 0 radical (unpaired) electrons. The molecule has 0 aromatic carbocycles. The van der Waals surface area contributed by atoms with Gasteiger partial charge < -0.3 is 4.74 Å². The van der Waals surface area contributed by atoms with Crippen LogP contribution in [0.4, 0.5) is 18.3 Å². The van der Waals surface area contributed by atoms with Crippen LogP contribution < -0.4 is 4.90 Å². The van der Waals surface area contributed by atoms with Gasteiger partial charge in [0.1, 0.15) is 12.6 Å². The van der Waals surface area contributed by atoms with E-state index in [4.69, 9.17) is 4.74 Å². The first-order chi connectivity index (χ1) is 8.24. The quantitative estimate of drug-likeness (QED) is 0.851. The lowest BCUT2D eigenvalue weighted by Crippen LogP contribution is -2.44. The number of anilines is 1. The number of halogens is 3. The summed E-state index contributed by atoms with van der Waals surface area (Å²) in [5.41, 5.74) is 0.569. The Morgan fingerprint density at radius 1 is 1.61 bits per heavy atom. The third-order valence-corrected chi connectivity index (χ3v) is 3.12. The van der Waals surface area contributed by atoms with Crippen molar-refractivity contribution in [3.8, 4) is 0 Å². The molecule has 0 unspecified atom stereocenters. The highest BCUT2D eigenvalue weighted by Gasteiger charge is 2.36. The monoisotopic (exact) mass is 282 g/mol. The Kier molecular flexibility index (Phi) is 4.69. The highest BCUT2D eigenvalue weighted by molar-refractivity contribution is 7.14. The Labute approximate surface area is 106 Å². The molecule has 1 aromatic heterocycles. The Bertz CT molecular complexity index is 420. The van der Waals surface area contributed by atoms with Crippen molar-refractivity contribution in [2.24, 2.45) is 0 Å². The number of methoxy groups -OCH3 is 1. The fourth-order valence-electron chi connectivity index (χ4n) is 1.20. The van der Waals surface area contributed by atoms with E-state index in [2.05, 4.69) is 4.98 Å². The number of amides is 1. The molecule has 0 saturated heterocycles. The summed E-state index contributed by atoms with van der Waals surface area (Å²) in [7, 11) is 1.27. The Morgan fingerprint density at radius 2 is 2.22 bits per heavy atom. The number of hydrogen-bond donors (Lipinski definition) is 0. The molecule has 0 saturated carbocycles. The number of carbonyl (C=O) groups excluding carboxylic acids is 1. The van der Waals surface area contributed by atoms with Gasteiger partial charge >= 0.3 is 6.18 Å². The van der Waals surface area contributed by atoms with Gasteiger partial charge in [0.15, 0.2) is 5.13 Å². The van der Waals surface area contributed by atoms with Crippen LogP contribution in [0.3, 0.4) is 0 Å². The van der Waals surface area contributed by atoms with Crippen molar-refractivity contribution in [1.29, 1.82) is 0 Å². The summed E-state index contributed by atoms with van der Waals surface area (Å²) in [5, 5.41) is 1.61. The van der Waals surface area contributed by atoms with E-state index in [1.165, 1.54) is 14.0 Å². The van der Waals surface area contributed by atoms with E-state index < -0.39 is 24.7 Å². The van der Waals surface area contributed by atoms with Gasteiger partial charge in [-0.3, -0.25) is 9.69 Å². The molecule has 1 heterocycles. The van der Waals surface area contributed by atoms with Crippen molar-refractivity contribution in [1.82, 2.24) is 4.98 Å². The molecule has 1 aromatic rings. The zero-order valence-electron chi connectivity index (χ0n) is 10.1. The molecule has 0 N–H and O–H groups in total. The van der Waals surface area contributed by atoms with Crippen LogP contribution >= 0.6 is 11.3 Å². The molecule has 0 aliphatic carbocycles. The summed E-state index contributed by atoms with van der Waals surface area (Å²) < 4.78 is 42.2. The van der Waals surface area contributed by atoms with Crippen LogP contribution in [0.5, 0.6) is 0 Å². The molecule has 0 spiro atoms. The number of thiazole rings is 1. The molecular formula is C10H13F3N2O2S. The first-order valence-corrected chi connectivity index (χ1v) is 5.95. The van der Waals surface area contributed by atoms with Gasteiger partial charge in [-0.1, -0.05) is 0 Å². The second-order valence-corrected chi connectivity index (χ2v) is 4.53. The van der Waals surface area contributed by atoms with Crippen molar-refractivity contribution in [3.05, 3.63) is 11.1 Å². The molecule has 1 amide bonds. The number of aromatic nitrogens is 1. The molecule has 1 rings (SSSR count). The largest absolute Gasteiger partial charge is 0.406 e. The third-order valence-electron chi connectivity index (χ3n) is 2.14. The van der Waals surface area contributed by atoms with Gasteiger partial charge in [-0.15, -0.1) is 11.3 Å². The topological polar surface area (TPSA) is 42.4 Å². The Hall–Kier alpha value is -1.15. The zero-order chi connectivity index (χ0) is 13.9. The van der Waals surface area contributed by atoms with Crippen molar-refractivity contribution in [2.45, 2.75) is 26.1 Å². The second-order valence-electron chi connectivity index (χ2n) is 3.69. The molecule has 102 valence electrons. The Balaban J connectivity index is 2.99. The molecule has 18 heavy (non-hydrogen) atoms. The predicted molar refractivity (Wildman–Crippen MR) is 61.7 cm³/mol. The van der Waals surface area contributed by atoms with Gasteiger partial charge in [-0.25, -0.2) is 4.98 Å². The highest BCUT2D eigenvalue weighted by atomic mass is 32.1. The smallest absolute Gasteiger partial charge is 0.372 e. The summed E-state index contributed by atoms with van der Waals surface area (Å²) in [6, 6.07) is 0. The van der Waals surface area contributed by atoms with Crippen molar-refractivity contribution in [3.63, 3.8) is 0 Å². The molecule has 0 aliphatic rings. The molecule has 0 fully saturated rings. The number of hydrogen-bond acceptors (Lipinski definition) is 4. The van der Waals surface area contributed by atoms with Crippen LogP contribution in [-0.4, -0.2) is 36.8 Å². The summed E-state index contributed by atoms with van der Waals surface area (Å²) in [6.07, 6.45) is -5.43. The van der Waals surface area contributed by atoms with Gasteiger partial charge in [0.25, 0.3) is 5.91 Å². The van der Waals surface area contributed by atoms with Crippen LogP contribution in [0.1, 0.15) is 12.6 Å². The summed E-state index contributed by atoms with van der Waals surface area (Å²) >= 11 is 0.993. The number of nitrogens with zero attached hydrogens (tertiary/aromatic N) is 2. The van der Waals surface area contributed by atoms with Crippen LogP contribution in [0.15, 0.2) is 5.38 Å². The van der Waals surface area contributed by atoms with Crippen LogP contribution in [0, 0.1) is 6.92 Å². The van der Waals surface area contributed by atoms with Crippen molar-refractivity contribution < 1.29 is 22.7 Å². The van der Waals surface area contributed by atoms with Gasteiger partial charge in [-0.05, 0) is 13.8 Å². The molecular weight excluding hydrogens is 269 g/mol. The third kappa shape index (κ3) is 3.95. The van der Waals surface area contributed by atoms with E-state index in [0.29, 0.717) is 10.6 Å². The maximum atomic E-state index is 12.5. The number of carbonyl (C=O) groups is 1. The number of ether oxygens (including phenoxy) is 1. The van der Waals surface area contributed by atoms with Crippen LogP contribution in [0.25, 0.3) is 0 Å². The molecule has 8 heteroatoms. The lowest BCUT2D eigenvalue weighted by molar-refractivity contribution is -0.138. The first-order valence-electron chi connectivity index (χ1n) is 5.07. The van der Waals surface area contributed by atoms with E-state index in [9.17, 15) is 18.0 Å². The maximum Gasteiger partial charge on any atom is 0.406 e. The van der Waals surface area contributed by atoms with Crippen LogP contribution in [0.2, 0.25) is 0 Å². The average molecular weight is 282 g/mol. The minimum Gasteiger partial charge on any atom is -0.372 e. The number of alkyl halides is 3. The van der Waals surface area contributed by atoms with E-state index >= 15 is 0 Å². The van der Waals surface area contributed by atoms with Gasteiger partial charge in [0.05, 0.1) is 5.69 Å². The molecule has 4 nitrogen and oxygen atoms in total. The van der Waals surface area contributed by atoms with Crippen molar-refractivity contribution in [2.75, 3.05) is 18.6 Å². The standard InChI is InChI=1S/C10H13F3N2O2S/c1-6-4-18-9(14-6)15(5-10(11,12)13)8(16)7(2)17-3/h4,7H,5H2,1-3H3/t7-/m1/s1. The van der Waals surface area contributed by atoms with E-state index in [1.807, 2.05) is 0 Å². The molecule has 0 aliphatic heterocycles. The van der Waals surface area contributed by atoms with Gasteiger partial charge in [0, 0.05) is 12.5 Å². The second kappa shape index (κ2) is 5.66. The van der Waals surface area contributed by atoms with E-state index in [-0.39, 0.29) is 5.13 Å². The Morgan fingerprint density at radius 3 is 2.61 bits per heavy atom. The highest BCUT2D eigenvalue weighted by Crippen LogP contribution is 2.26. The van der Waals surface area contributed by atoms with Crippen molar-refractivity contribution >= 4 is 22.4 Å². The summed E-state index contributed by atoms with van der Waals surface area (Å²) in [5.74, 6) is -0.760. The summed E-state index contributed by atoms with van der Waals surface area (Å²) in [4.78, 5) is 16.3. The minimum atomic E-state index is -4.48. The summed E-state index contributed by atoms with van der Waals surface area (Å²) in [6.45, 7) is 1.68. The normalized spacial score (nSPS) is 13.4. The van der Waals surface area contributed by atoms with Gasteiger partial charge in [-0.2, -0.15) is 13.2 Å². The van der Waals surface area contributed by atoms with E-state index in [0.717, 1.165) is 11.3 Å². The fraction of sp³-hybridized carbons (Fsp3) is 0.600. The SMILES string of the molecule is CO[C@H](C)C(=O)N(CC(F)(F)F)c1nc(C)cs1. The lowest BCUT2D eigenvalue weighted by Gasteiger charge is -2.23. The number of aryl methyl sites for hydroxylation is 1.